The lowest BCUT2D eigenvalue weighted by molar-refractivity contribution is -0.117. The smallest absolute Gasteiger partial charge is 0.231 e. The molecule has 0 aromatic heterocycles. The Balaban J connectivity index is 3.26. The van der Waals surface area contributed by atoms with Gasteiger partial charge in [0.25, 0.3) is 0 Å². The molecule has 3 nitrogen and oxygen atoms in total. The van der Waals surface area contributed by atoms with E-state index in [1.165, 1.54) is 0 Å². The van der Waals surface area contributed by atoms with E-state index < -0.39 is 18.2 Å². The van der Waals surface area contributed by atoms with E-state index in [9.17, 15) is 9.59 Å². The Morgan fingerprint density at radius 2 is 1.60 bits per heavy atom. The second-order valence-corrected chi connectivity index (χ2v) is 3.68. The molecule has 0 aliphatic rings. The Labute approximate surface area is 88.7 Å². The van der Waals surface area contributed by atoms with Gasteiger partial charge in [-0.15, -0.1) is 0 Å². The molecule has 0 amide bonds. The van der Waals surface area contributed by atoms with Crippen LogP contribution in [-0.4, -0.2) is 23.3 Å². The van der Waals surface area contributed by atoms with E-state index in [4.69, 9.17) is 5.11 Å². The number of benzene rings is 1. The summed E-state index contributed by atoms with van der Waals surface area (Å²) in [4.78, 5) is 22.7. The van der Waals surface area contributed by atoms with E-state index in [2.05, 4.69) is 0 Å². The minimum atomic E-state index is -0.759. The molecule has 80 valence electrons. The quantitative estimate of drug-likeness (QED) is 0.600. The van der Waals surface area contributed by atoms with Gasteiger partial charge in [-0.05, 0) is 31.9 Å². The second kappa shape index (κ2) is 4.36. The van der Waals surface area contributed by atoms with Crippen LogP contribution in [-0.2, 0) is 4.79 Å². The average Bonchev–Trinajstić information content (AvgIpc) is 2.14. The van der Waals surface area contributed by atoms with Crippen molar-refractivity contribution in [1.82, 2.24) is 0 Å². The third-order valence-corrected chi connectivity index (χ3v) is 2.30. The largest absolute Gasteiger partial charge is 0.388 e. The van der Waals surface area contributed by atoms with Gasteiger partial charge >= 0.3 is 0 Å². The highest BCUT2D eigenvalue weighted by atomic mass is 16.3. The fraction of sp³-hybridized carbons (Fsp3) is 0.333. The van der Waals surface area contributed by atoms with Crippen molar-refractivity contribution in [3.63, 3.8) is 0 Å². The molecule has 1 aromatic rings. The highest BCUT2D eigenvalue weighted by molar-refractivity contribution is 6.44. The number of ketones is 2. The first-order valence-electron chi connectivity index (χ1n) is 4.73. The van der Waals surface area contributed by atoms with Gasteiger partial charge < -0.3 is 5.11 Å². The van der Waals surface area contributed by atoms with Crippen molar-refractivity contribution in [2.24, 2.45) is 0 Å². The molecular formula is C12H14O3. The van der Waals surface area contributed by atoms with Gasteiger partial charge in [-0.25, -0.2) is 0 Å². The Bertz CT molecular complexity index is 396. The summed E-state index contributed by atoms with van der Waals surface area (Å²) in [7, 11) is 0. The molecule has 3 heteroatoms. The van der Waals surface area contributed by atoms with Crippen LogP contribution in [0.15, 0.2) is 12.1 Å². The molecule has 0 aliphatic carbocycles. The van der Waals surface area contributed by atoms with E-state index >= 15 is 0 Å². The van der Waals surface area contributed by atoms with Gasteiger partial charge in [-0.3, -0.25) is 9.59 Å². The van der Waals surface area contributed by atoms with Crippen LogP contribution in [0.2, 0.25) is 0 Å². The van der Waals surface area contributed by atoms with E-state index in [0.29, 0.717) is 5.56 Å². The Morgan fingerprint density at radius 3 is 2.00 bits per heavy atom. The lowest BCUT2D eigenvalue weighted by atomic mass is 9.95. The summed E-state index contributed by atoms with van der Waals surface area (Å²) in [6.45, 7) is 4.78. The molecule has 0 saturated heterocycles. The third kappa shape index (κ3) is 2.30. The molecule has 0 bridgehead atoms. The molecule has 0 radical (unpaired) electrons. The van der Waals surface area contributed by atoms with Gasteiger partial charge in [0.1, 0.15) is 6.61 Å². The van der Waals surface area contributed by atoms with Crippen molar-refractivity contribution < 1.29 is 14.7 Å². The van der Waals surface area contributed by atoms with Crippen LogP contribution < -0.4 is 0 Å². The Kier molecular flexibility index (Phi) is 3.37. The van der Waals surface area contributed by atoms with Gasteiger partial charge in [0.2, 0.25) is 11.6 Å². The topological polar surface area (TPSA) is 54.4 Å². The van der Waals surface area contributed by atoms with Crippen LogP contribution in [0.25, 0.3) is 0 Å². The standard InChI is InChI=1S/C12H14O3/c1-7-4-8(2)11(9(3)5-7)12(15)10(14)6-13/h4-5,13H,6H2,1-3H3. The first kappa shape index (κ1) is 11.6. The van der Waals surface area contributed by atoms with Crippen LogP contribution in [0.3, 0.4) is 0 Å². The summed E-state index contributed by atoms with van der Waals surface area (Å²) >= 11 is 0. The summed E-state index contributed by atoms with van der Waals surface area (Å²) in [5.74, 6) is -1.36. The molecule has 1 N–H and O–H groups in total. The number of aliphatic hydroxyl groups is 1. The second-order valence-electron chi connectivity index (χ2n) is 3.68. The summed E-state index contributed by atoms with van der Waals surface area (Å²) in [6.07, 6.45) is 0. The minimum Gasteiger partial charge on any atom is -0.388 e. The SMILES string of the molecule is Cc1cc(C)c(C(=O)C(=O)CO)c(C)c1. The number of hydrogen-bond acceptors (Lipinski definition) is 3. The van der Waals surface area contributed by atoms with Crippen LogP contribution in [0.4, 0.5) is 0 Å². The average molecular weight is 206 g/mol. The van der Waals surface area contributed by atoms with E-state index in [1.807, 2.05) is 19.1 Å². The van der Waals surface area contributed by atoms with Crippen LogP contribution >= 0.6 is 0 Å². The maximum Gasteiger partial charge on any atom is 0.231 e. The molecule has 0 saturated carbocycles. The normalized spacial score (nSPS) is 10.1. The summed E-state index contributed by atoms with van der Waals surface area (Å²) in [6, 6.07) is 3.70. The van der Waals surface area contributed by atoms with Crippen molar-refractivity contribution >= 4 is 11.6 Å². The lowest BCUT2D eigenvalue weighted by Gasteiger charge is -2.08. The minimum absolute atomic E-state index is 0.416. The maximum absolute atomic E-state index is 11.6. The first-order chi connectivity index (χ1) is 6.97. The molecule has 0 fully saturated rings. The fourth-order valence-electron chi connectivity index (χ4n) is 1.75. The number of aryl methyl sites for hydroxylation is 3. The van der Waals surface area contributed by atoms with E-state index in [1.54, 1.807) is 13.8 Å². The van der Waals surface area contributed by atoms with Gasteiger partial charge in [0.15, 0.2) is 0 Å². The number of Topliss-reactive ketones (excluding diaryl/α,β-unsaturated/α-hetero) is 2. The zero-order valence-electron chi connectivity index (χ0n) is 9.13. The maximum atomic E-state index is 11.6. The lowest BCUT2D eigenvalue weighted by Crippen LogP contribution is -2.20. The van der Waals surface area contributed by atoms with E-state index in [0.717, 1.165) is 16.7 Å². The molecule has 15 heavy (non-hydrogen) atoms. The van der Waals surface area contributed by atoms with Crippen molar-refractivity contribution in [1.29, 1.82) is 0 Å². The van der Waals surface area contributed by atoms with Crippen molar-refractivity contribution in [2.45, 2.75) is 20.8 Å². The Morgan fingerprint density at radius 1 is 1.13 bits per heavy atom. The predicted octanol–water partition coefficient (Wildman–Crippen LogP) is 1.36. The third-order valence-electron chi connectivity index (χ3n) is 2.30. The van der Waals surface area contributed by atoms with Crippen molar-refractivity contribution in [3.8, 4) is 0 Å². The van der Waals surface area contributed by atoms with Gasteiger partial charge in [-0.2, -0.15) is 0 Å². The highest BCUT2D eigenvalue weighted by Crippen LogP contribution is 2.17. The number of rotatable bonds is 3. The monoisotopic (exact) mass is 206 g/mol. The molecule has 0 unspecified atom stereocenters. The first-order valence-corrected chi connectivity index (χ1v) is 4.73. The molecule has 0 atom stereocenters. The Hall–Kier alpha value is -1.48. The summed E-state index contributed by atoms with van der Waals surface area (Å²) in [5, 5.41) is 8.63. The zero-order chi connectivity index (χ0) is 11.6. The summed E-state index contributed by atoms with van der Waals surface area (Å²) < 4.78 is 0. The van der Waals surface area contributed by atoms with E-state index in [-0.39, 0.29) is 0 Å². The molecule has 0 spiro atoms. The number of hydrogen-bond donors (Lipinski definition) is 1. The molecule has 1 aromatic carbocycles. The fourth-order valence-corrected chi connectivity index (χ4v) is 1.75. The summed E-state index contributed by atoms with van der Waals surface area (Å²) in [5.41, 5.74) is 3.02. The van der Waals surface area contributed by atoms with Crippen LogP contribution in [0, 0.1) is 20.8 Å². The number of carbonyl (C=O) groups excluding carboxylic acids is 2. The molecule has 0 heterocycles. The number of carbonyl (C=O) groups is 2. The van der Waals surface area contributed by atoms with Crippen LogP contribution in [0.5, 0.6) is 0 Å². The molecule has 1 rings (SSSR count). The van der Waals surface area contributed by atoms with Crippen LogP contribution in [0.1, 0.15) is 27.0 Å². The van der Waals surface area contributed by atoms with Gasteiger partial charge in [0.05, 0.1) is 0 Å². The van der Waals surface area contributed by atoms with Crippen molar-refractivity contribution in [3.05, 3.63) is 34.4 Å². The predicted molar refractivity (Wildman–Crippen MR) is 57.1 cm³/mol. The molecule has 0 aliphatic heterocycles. The molecular weight excluding hydrogens is 192 g/mol. The van der Waals surface area contributed by atoms with Gasteiger partial charge in [0, 0.05) is 5.56 Å². The number of aliphatic hydroxyl groups excluding tert-OH is 1. The van der Waals surface area contributed by atoms with Crippen molar-refractivity contribution in [2.75, 3.05) is 6.61 Å². The zero-order valence-corrected chi connectivity index (χ0v) is 9.13. The highest BCUT2D eigenvalue weighted by Gasteiger charge is 2.19. The van der Waals surface area contributed by atoms with Gasteiger partial charge in [-0.1, -0.05) is 17.7 Å².